The number of para-hydroxylation sites is 1. The lowest BCUT2D eigenvalue weighted by molar-refractivity contribution is -0.132. The summed E-state index contributed by atoms with van der Waals surface area (Å²) in [4.78, 5) is 32.5. The highest BCUT2D eigenvalue weighted by Crippen LogP contribution is 2.22. The van der Waals surface area contributed by atoms with Gasteiger partial charge in [-0.15, -0.1) is 0 Å². The average Bonchev–Trinajstić information content (AvgIpc) is 2.73. The zero-order valence-corrected chi connectivity index (χ0v) is 16.6. The zero-order valence-electron chi connectivity index (χ0n) is 16.6. The Morgan fingerprint density at radius 1 is 0.964 bits per heavy atom. The summed E-state index contributed by atoms with van der Waals surface area (Å²) in [5.74, 6) is 1.04. The van der Waals surface area contributed by atoms with E-state index in [4.69, 9.17) is 4.74 Å². The minimum absolute atomic E-state index is 0.00324. The van der Waals surface area contributed by atoms with Crippen molar-refractivity contribution in [3.05, 3.63) is 59.4 Å². The topological polar surface area (TPSA) is 62.7 Å². The first-order chi connectivity index (χ1) is 13.6. The first-order valence-electron chi connectivity index (χ1n) is 9.72. The van der Waals surface area contributed by atoms with Crippen LogP contribution in [0, 0.1) is 13.8 Å². The molecule has 1 fully saturated rings. The van der Waals surface area contributed by atoms with E-state index in [0.717, 1.165) is 16.9 Å². The fourth-order valence-corrected chi connectivity index (χ4v) is 3.42. The second-order valence-electron chi connectivity index (χ2n) is 7.08. The maximum atomic E-state index is 12.5. The van der Waals surface area contributed by atoms with E-state index in [1.165, 1.54) is 0 Å². The van der Waals surface area contributed by atoms with E-state index >= 15 is 0 Å². The van der Waals surface area contributed by atoms with Crippen LogP contribution >= 0.6 is 0 Å². The molecule has 1 aliphatic rings. The Kier molecular flexibility index (Phi) is 6.63. The number of rotatable bonds is 6. The molecule has 1 aromatic heterocycles. The van der Waals surface area contributed by atoms with Gasteiger partial charge in [0.15, 0.2) is 0 Å². The smallest absolute Gasteiger partial charge is 0.254 e. The molecule has 2 amide bonds. The Labute approximate surface area is 166 Å². The SMILES string of the molecule is Cc1cccc(C)c1OCCCC(=O)N1CCN(C(=O)c2ccncc2)CC1. The first-order valence-corrected chi connectivity index (χ1v) is 9.72. The van der Waals surface area contributed by atoms with E-state index < -0.39 is 0 Å². The van der Waals surface area contributed by atoms with Crippen LogP contribution < -0.4 is 4.74 Å². The van der Waals surface area contributed by atoms with Crippen LogP contribution in [0.25, 0.3) is 0 Å². The highest BCUT2D eigenvalue weighted by atomic mass is 16.5. The maximum Gasteiger partial charge on any atom is 0.254 e. The molecule has 6 heteroatoms. The molecule has 2 aromatic rings. The molecular weight excluding hydrogens is 354 g/mol. The van der Waals surface area contributed by atoms with Crippen molar-refractivity contribution in [2.75, 3.05) is 32.8 Å². The van der Waals surface area contributed by atoms with E-state index in [0.29, 0.717) is 51.2 Å². The van der Waals surface area contributed by atoms with Crippen molar-refractivity contribution in [3.8, 4) is 5.75 Å². The molecule has 28 heavy (non-hydrogen) atoms. The van der Waals surface area contributed by atoms with Crippen molar-refractivity contribution >= 4 is 11.8 Å². The third-order valence-electron chi connectivity index (χ3n) is 5.04. The number of carbonyl (C=O) groups excluding carboxylic acids is 2. The number of amides is 2. The minimum Gasteiger partial charge on any atom is -0.493 e. The molecule has 0 spiro atoms. The molecule has 1 aliphatic heterocycles. The summed E-state index contributed by atoms with van der Waals surface area (Å²) in [6, 6.07) is 9.51. The van der Waals surface area contributed by atoms with Crippen molar-refractivity contribution < 1.29 is 14.3 Å². The molecule has 2 heterocycles. The summed E-state index contributed by atoms with van der Waals surface area (Å²) in [5.41, 5.74) is 2.86. The number of aromatic nitrogens is 1. The number of nitrogens with zero attached hydrogens (tertiary/aromatic N) is 3. The predicted octanol–water partition coefficient (Wildman–Crippen LogP) is 2.84. The predicted molar refractivity (Wildman–Crippen MR) is 107 cm³/mol. The molecule has 148 valence electrons. The number of aryl methyl sites for hydroxylation is 2. The quantitative estimate of drug-likeness (QED) is 0.722. The van der Waals surface area contributed by atoms with Crippen molar-refractivity contribution in [2.45, 2.75) is 26.7 Å². The van der Waals surface area contributed by atoms with Gasteiger partial charge in [-0.2, -0.15) is 0 Å². The zero-order chi connectivity index (χ0) is 19.9. The third kappa shape index (κ3) is 4.88. The van der Waals surface area contributed by atoms with E-state index in [1.54, 1.807) is 29.4 Å². The third-order valence-corrected chi connectivity index (χ3v) is 5.04. The lowest BCUT2D eigenvalue weighted by Crippen LogP contribution is -2.50. The summed E-state index contributed by atoms with van der Waals surface area (Å²) in [7, 11) is 0. The number of benzene rings is 1. The first kappa shape index (κ1) is 19.9. The van der Waals surface area contributed by atoms with Crippen LogP contribution in [0.3, 0.4) is 0 Å². The number of pyridine rings is 1. The molecule has 0 N–H and O–H groups in total. The van der Waals surface area contributed by atoms with Crippen molar-refractivity contribution in [3.63, 3.8) is 0 Å². The second-order valence-corrected chi connectivity index (χ2v) is 7.08. The Bertz CT molecular complexity index is 795. The van der Waals surface area contributed by atoms with Crippen LogP contribution in [0.2, 0.25) is 0 Å². The van der Waals surface area contributed by atoms with Gasteiger partial charge >= 0.3 is 0 Å². The second kappa shape index (κ2) is 9.35. The normalized spacial score (nSPS) is 14.1. The van der Waals surface area contributed by atoms with E-state index in [9.17, 15) is 9.59 Å². The molecule has 3 rings (SSSR count). The van der Waals surface area contributed by atoms with Gasteiger partial charge in [0.25, 0.3) is 5.91 Å². The molecule has 0 saturated carbocycles. The number of piperazine rings is 1. The van der Waals surface area contributed by atoms with Gasteiger partial charge in [-0.25, -0.2) is 0 Å². The lowest BCUT2D eigenvalue weighted by atomic mass is 10.1. The Balaban J connectivity index is 1.40. The van der Waals surface area contributed by atoms with Gasteiger partial charge in [0, 0.05) is 50.6 Å². The highest BCUT2D eigenvalue weighted by molar-refractivity contribution is 5.94. The fraction of sp³-hybridized carbons (Fsp3) is 0.409. The summed E-state index contributed by atoms with van der Waals surface area (Å²) >= 11 is 0. The standard InChI is InChI=1S/C22H27N3O3/c1-17-5-3-6-18(2)21(17)28-16-4-7-20(26)24-12-14-25(15-13-24)22(27)19-8-10-23-11-9-19/h3,5-6,8-11H,4,7,12-16H2,1-2H3. The van der Waals surface area contributed by atoms with Crippen molar-refractivity contribution in [1.29, 1.82) is 0 Å². The summed E-state index contributed by atoms with van der Waals surface area (Å²) < 4.78 is 5.87. The molecule has 0 radical (unpaired) electrons. The van der Waals surface area contributed by atoms with E-state index in [-0.39, 0.29) is 11.8 Å². The van der Waals surface area contributed by atoms with Crippen LogP contribution in [-0.2, 0) is 4.79 Å². The van der Waals surface area contributed by atoms with Crippen LogP contribution in [0.1, 0.15) is 34.3 Å². The van der Waals surface area contributed by atoms with Crippen LogP contribution in [0.5, 0.6) is 5.75 Å². The summed E-state index contributed by atoms with van der Waals surface area (Å²) in [6.45, 7) is 6.86. The summed E-state index contributed by atoms with van der Waals surface area (Å²) in [5, 5.41) is 0. The van der Waals surface area contributed by atoms with Gasteiger partial charge in [-0.05, 0) is 43.5 Å². The maximum absolute atomic E-state index is 12.5. The van der Waals surface area contributed by atoms with Crippen LogP contribution in [-0.4, -0.2) is 59.4 Å². The van der Waals surface area contributed by atoms with Crippen LogP contribution in [0.4, 0.5) is 0 Å². The van der Waals surface area contributed by atoms with Gasteiger partial charge in [-0.1, -0.05) is 18.2 Å². The Morgan fingerprint density at radius 2 is 1.57 bits per heavy atom. The number of hydrogen-bond acceptors (Lipinski definition) is 4. The monoisotopic (exact) mass is 381 g/mol. The Hall–Kier alpha value is -2.89. The molecule has 0 unspecified atom stereocenters. The number of carbonyl (C=O) groups is 2. The molecule has 1 saturated heterocycles. The molecule has 0 aliphatic carbocycles. The number of hydrogen-bond donors (Lipinski definition) is 0. The van der Waals surface area contributed by atoms with Gasteiger partial charge in [0.2, 0.25) is 5.91 Å². The number of ether oxygens (including phenoxy) is 1. The summed E-state index contributed by atoms with van der Waals surface area (Å²) in [6.07, 6.45) is 4.38. The van der Waals surface area contributed by atoms with Crippen molar-refractivity contribution in [2.24, 2.45) is 0 Å². The highest BCUT2D eigenvalue weighted by Gasteiger charge is 2.24. The Morgan fingerprint density at radius 3 is 2.21 bits per heavy atom. The molecule has 0 bridgehead atoms. The minimum atomic E-state index is -0.00324. The average molecular weight is 381 g/mol. The van der Waals surface area contributed by atoms with Crippen LogP contribution in [0.15, 0.2) is 42.7 Å². The fourth-order valence-electron chi connectivity index (χ4n) is 3.42. The van der Waals surface area contributed by atoms with E-state index in [1.807, 2.05) is 36.9 Å². The molecule has 0 atom stereocenters. The van der Waals surface area contributed by atoms with Gasteiger partial charge in [-0.3, -0.25) is 14.6 Å². The van der Waals surface area contributed by atoms with Gasteiger partial charge < -0.3 is 14.5 Å². The largest absolute Gasteiger partial charge is 0.493 e. The van der Waals surface area contributed by atoms with Crippen molar-refractivity contribution in [1.82, 2.24) is 14.8 Å². The van der Waals surface area contributed by atoms with Gasteiger partial charge in [0.05, 0.1) is 6.61 Å². The molecular formula is C22H27N3O3. The molecule has 6 nitrogen and oxygen atoms in total. The van der Waals surface area contributed by atoms with Gasteiger partial charge in [0.1, 0.15) is 5.75 Å². The van der Waals surface area contributed by atoms with E-state index in [2.05, 4.69) is 4.98 Å². The molecule has 1 aromatic carbocycles. The lowest BCUT2D eigenvalue weighted by Gasteiger charge is -2.35.